The van der Waals surface area contributed by atoms with E-state index >= 15 is 0 Å². The van der Waals surface area contributed by atoms with Crippen molar-refractivity contribution < 1.29 is 9.18 Å². The van der Waals surface area contributed by atoms with E-state index in [1.54, 1.807) is 6.07 Å². The Kier molecular flexibility index (Phi) is 3.15. The Bertz CT molecular complexity index is 421. The maximum atomic E-state index is 13.2. The van der Waals surface area contributed by atoms with Gasteiger partial charge in [0.15, 0.2) is 0 Å². The zero-order chi connectivity index (χ0) is 11.7. The normalized spacial score (nSPS) is 21.3. The highest BCUT2D eigenvalue weighted by Gasteiger charge is 2.25. The van der Waals surface area contributed by atoms with Gasteiger partial charge in [0, 0.05) is 25.4 Å². The van der Waals surface area contributed by atoms with Crippen molar-refractivity contribution in [2.75, 3.05) is 11.4 Å². The summed E-state index contributed by atoms with van der Waals surface area (Å²) >= 11 is 6.04. The third-order valence-electron chi connectivity index (χ3n) is 2.90. The fourth-order valence-corrected chi connectivity index (χ4v) is 2.30. The molecule has 1 fully saturated rings. The molecule has 1 unspecified atom stereocenters. The van der Waals surface area contributed by atoms with Crippen molar-refractivity contribution >= 4 is 23.1 Å². The fourth-order valence-electron chi connectivity index (χ4n) is 2.07. The summed E-state index contributed by atoms with van der Waals surface area (Å²) in [5.74, 6) is -0.0419. The Morgan fingerprint density at radius 3 is 2.94 bits per heavy atom. The molecule has 0 saturated carbocycles. The highest BCUT2D eigenvalue weighted by atomic mass is 35.5. The molecule has 0 amide bonds. The molecular weight excluding hydrogens is 229 g/mol. The number of Topliss-reactive ketones (excluding diaryl/α,β-unsaturated/α-hetero) is 1. The molecule has 1 saturated heterocycles. The van der Waals surface area contributed by atoms with E-state index in [0.29, 0.717) is 30.1 Å². The lowest BCUT2D eigenvalue weighted by molar-refractivity contribution is -0.120. The number of ketones is 1. The van der Waals surface area contributed by atoms with Gasteiger partial charge in [0.1, 0.15) is 11.6 Å². The van der Waals surface area contributed by atoms with Crippen molar-refractivity contribution in [2.24, 2.45) is 0 Å². The SMILES string of the molecule is CC1CC(=O)CCN1c1cc(F)ccc1Cl. The van der Waals surface area contributed by atoms with Gasteiger partial charge in [0.2, 0.25) is 0 Å². The van der Waals surface area contributed by atoms with Crippen LogP contribution >= 0.6 is 11.6 Å². The zero-order valence-electron chi connectivity index (χ0n) is 9.04. The van der Waals surface area contributed by atoms with Gasteiger partial charge < -0.3 is 4.90 Å². The monoisotopic (exact) mass is 241 g/mol. The number of nitrogens with zero attached hydrogens (tertiary/aromatic N) is 1. The molecule has 1 aliphatic rings. The average Bonchev–Trinajstić information content (AvgIpc) is 2.22. The Morgan fingerprint density at radius 2 is 2.25 bits per heavy atom. The first kappa shape index (κ1) is 11.4. The molecule has 0 aromatic heterocycles. The van der Waals surface area contributed by atoms with E-state index in [4.69, 9.17) is 11.6 Å². The number of hydrogen-bond acceptors (Lipinski definition) is 2. The van der Waals surface area contributed by atoms with E-state index < -0.39 is 0 Å². The Morgan fingerprint density at radius 1 is 1.50 bits per heavy atom. The largest absolute Gasteiger partial charge is 0.367 e. The minimum Gasteiger partial charge on any atom is -0.367 e. The third kappa shape index (κ3) is 2.19. The molecule has 0 bridgehead atoms. The minimum atomic E-state index is -0.302. The standard InChI is InChI=1S/C12H13ClFNO/c1-8-6-10(16)4-5-15(8)12-7-9(14)2-3-11(12)13/h2-3,7-8H,4-6H2,1H3. The summed E-state index contributed by atoms with van der Waals surface area (Å²) in [4.78, 5) is 13.3. The molecular formula is C12H13ClFNO. The molecule has 1 heterocycles. The van der Waals surface area contributed by atoms with Crippen molar-refractivity contribution in [3.8, 4) is 0 Å². The second-order valence-corrected chi connectivity index (χ2v) is 4.54. The van der Waals surface area contributed by atoms with Gasteiger partial charge in [-0.05, 0) is 25.1 Å². The number of benzene rings is 1. The second kappa shape index (κ2) is 4.42. The quantitative estimate of drug-likeness (QED) is 0.753. The molecule has 2 rings (SSSR count). The van der Waals surface area contributed by atoms with E-state index in [-0.39, 0.29) is 17.6 Å². The number of anilines is 1. The average molecular weight is 242 g/mol. The van der Waals surface area contributed by atoms with Gasteiger partial charge in [-0.2, -0.15) is 0 Å². The predicted octanol–water partition coefficient (Wildman–Crippen LogP) is 3.04. The van der Waals surface area contributed by atoms with Crippen LogP contribution in [0.25, 0.3) is 0 Å². The lowest BCUT2D eigenvalue weighted by Gasteiger charge is -2.35. The van der Waals surface area contributed by atoms with Gasteiger partial charge in [0.05, 0.1) is 10.7 Å². The summed E-state index contributed by atoms with van der Waals surface area (Å²) in [6, 6.07) is 4.40. The molecule has 2 nitrogen and oxygen atoms in total. The van der Waals surface area contributed by atoms with Crippen LogP contribution in [-0.4, -0.2) is 18.4 Å². The fraction of sp³-hybridized carbons (Fsp3) is 0.417. The molecule has 1 aliphatic heterocycles. The summed E-state index contributed by atoms with van der Waals surface area (Å²) in [5.41, 5.74) is 0.682. The van der Waals surface area contributed by atoms with Gasteiger partial charge in [-0.15, -0.1) is 0 Å². The van der Waals surface area contributed by atoms with Gasteiger partial charge in [0.25, 0.3) is 0 Å². The predicted molar refractivity (Wildman–Crippen MR) is 62.5 cm³/mol. The summed E-state index contributed by atoms with van der Waals surface area (Å²) in [6.07, 6.45) is 1.02. The zero-order valence-corrected chi connectivity index (χ0v) is 9.80. The molecule has 1 atom stereocenters. The second-order valence-electron chi connectivity index (χ2n) is 4.13. The van der Waals surface area contributed by atoms with Crippen LogP contribution in [0.5, 0.6) is 0 Å². The van der Waals surface area contributed by atoms with Gasteiger partial charge in [-0.25, -0.2) is 4.39 Å². The number of hydrogen-bond donors (Lipinski definition) is 0. The molecule has 4 heteroatoms. The summed E-state index contributed by atoms with van der Waals surface area (Å²) in [6.45, 7) is 2.57. The van der Waals surface area contributed by atoms with Crippen molar-refractivity contribution in [3.05, 3.63) is 29.0 Å². The van der Waals surface area contributed by atoms with Crippen LogP contribution in [0.3, 0.4) is 0 Å². The number of halogens is 2. The van der Waals surface area contributed by atoms with Crippen LogP contribution in [0.15, 0.2) is 18.2 Å². The third-order valence-corrected chi connectivity index (χ3v) is 3.22. The molecule has 1 aromatic rings. The van der Waals surface area contributed by atoms with Gasteiger partial charge >= 0.3 is 0 Å². The summed E-state index contributed by atoms with van der Waals surface area (Å²) in [5, 5.41) is 0.530. The molecule has 86 valence electrons. The van der Waals surface area contributed by atoms with E-state index in [1.165, 1.54) is 12.1 Å². The van der Waals surface area contributed by atoms with Crippen molar-refractivity contribution in [2.45, 2.75) is 25.8 Å². The molecule has 0 aliphatic carbocycles. The lowest BCUT2D eigenvalue weighted by atomic mass is 10.0. The smallest absolute Gasteiger partial charge is 0.136 e. The van der Waals surface area contributed by atoms with Crippen LogP contribution in [0.1, 0.15) is 19.8 Å². The maximum Gasteiger partial charge on any atom is 0.136 e. The van der Waals surface area contributed by atoms with Crippen LogP contribution in [0.2, 0.25) is 5.02 Å². The first-order valence-corrected chi connectivity index (χ1v) is 5.69. The van der Waals surface area contributed by atoms with Crippen LogP contribution in [0, 0.1) is 5.82 Å². The topological polar surface area (TPSA) is 20.3 Å². The first-order chi connectivity index (χ1) is 7.58. The van der Waals surface area contributed by atoms with Crippen molar-refractivity contribution in [1.29, 1.82) is 0 Å². The first-order valence-electron chi connectivity index (χ1n) is 5.31. The highest BCUT2D eigenvalue weighted by molar-refractivity contribution is 6.33. The molecule has 1 aromatic carbocycles. The molecule has 16 heavy (non-hydrogen) atoms. The van der Waals surface area contributed by atoms with Gasteiger partial charge in [-0.1, -0.05) is 11.6 Å². The molecule has 0 radical (unpaired) electrons. The van der Waals surface area contributed by atoms with Crippen LogP contribution < -0.4 is 4.90 Å². The van der Waals surface area contributed by atoms with E-state index in [0.717, 1.165) is 0 Å². The van der Waals surface area contributed by atoms with Crippen LogP contribution in [0.4, 0.5) is 10.1 Å². The lowest BCUT2D eigenvalue weighted by Crippen LogP contribution is -2.41. The molecule has 0 N–H and O–H groups in total. The van der Waals surface area contributed by atoms with Crippen molar-refractivity contribution in [1.82, 2.24) is 0 Å². The van der Waals surface area contributed by atoms with E-state index in [2.05, 4.69) is 0 Å². The Balaban J connectivity index is 2.29. The number of carbonyl (C=O) groups excluding carboxylic acids is 1. The number of rotatable bonds is 1. The summed E-state index contributed by atoms with van der Waals surface area (Å²) in [7, 11) is 0. The number of carbonyl (C=O) groups is 1. The molecule has 0 spiro atoms. The Labute approximate surface area is 99.0 Å². The minimum absolute atomic E-state index is 0.0838. The van der Waals surface area contributed by atoms with Crippen LogP contribution in [-0.2, 0) is 4.79 Å². The van der Waals surface area contributed by atoms with Crippen molar-refractivity contribution in [3.63, 3.8) is 0 Å². The van der Waals surface area contributed by atoms with E-state index in [1.807, 2.05) is 11.8 Å². The van der Waals surface area contributed by atoms with E-state index in [9.17, 15) is 9.18 Å². The summed E-state index contributed by atoms with van der Waals surface area (Å²) < 4.78 is 13.2. The maximum absolute atomic E-state index is 13.2. The Hall–Kier alpha value is -1.09. The number of piperidine rings is 1. The van der Waals surface area contributed by atoms with Gasteiger partial charge in [-0.3, -0.25) is 4.79 Å². The highest BCUT2D eigenvalue weighted by Crippen LogP contribution is 2.30.